The molecule has 0 aromatic heterocycles. The van der Waals surface area contributed by atoms with Crippen LogP contribution >= 0.6 is 11.6 Å². The molecule has 2 heteroatoms. The lowest BCUT2D eigenvalue weighted by Gasteiger charge is -2.30. The summed E-state index contributed by atoms with van der Waals surface area (Å²) in [6.07, 6.45) is 3.83. The quantitative estimate of drug-likeness (QED) is 0.703. The van der Waals surface area contributed by atoms with E-state index in [1.807, 2.05) is 6.07 Å². The van der Waals surface area contributed by atoms with Crippen LogP contribution in [0.3, 0.4) is 0 Å². The van der Waals surface area contributed by atoms with Crippen LogP contribution in [-0.2, 0) is 0 Å². The van der Waals surface area contributed by atoms with Crippen molar-refractivity contribution < 1.29 is 4.74 Å². The zero-order chi connectivity index (χ0) is 10.8. The topological polar surface area (TPSA) is 9.23 Å². The molecule has 0 aliphatic heterocycles. The van der Waals surface area contributed by atoms with Gasteiger partial charge in [-0.3, -0.25) is 0 Å². The lowest BCUT2D eigenvalue weighted by molar-refractivity contribution is 0.300. The molecule has 0 heterocycles. The summed E-state index contributed by atoms with van der Waals surface area (Å²) in [4.78, 5) is 0. The minimum atomic E-state index is 0.119. The molecule has 1 aliphatic rings. The van der Waals surface area contributed by atoms with E-state index in [1.54, 1.807) is 7.11 Å². The first-order chi connectivity index (χ1) is 7.22. The van der Waals surface area contributed by atoms with Crippen molar-refractivity contribution >= 4 is 11.6 Å². The molecular weight excluding hydrogens is 208 g/mol. The fourth-order valence-electron chi connectivity index (χ4n) is 2.06. The molecule has 1 fully saturated rings. The first kappa shape index (κ1) is 10.8. The Labute approximate surface area is 96.4 Å². The van der Waals surface area contributed by atoms with Gasteiger partial charge in [-0.15, -0.1) is 11.6 Å². The van der Waals surface area contributed by atoms with Gasteiger partial charge in [-0.1, -0.05) is 24.1 Å². The van der Waals surface area contributed by atoms with Crippen LogP contribution in [0.5, 0.6) is 5.75 Å². The summed E-state index contributed by atoms with van der Waals surface area (Å²) in [7, 11) is 1.71. The molecule has 1 saturated carbocycles. The first-order valence-corrected chi connectivity index (χ1v) is 5.94. The van der Waals surface area contributed by atoms with Crippen LogP contribution in [0.1, 0.15) is 35.8 Å². The molecule has 1 aromatic carbocycles. The molecule has 1 aromatic rings. The van der Waals surface area contributed by atoms with E-state index in [-0.39, 0.29) is 5.38 Å². The zero-order valence-electron chi connectivity index (χ0n) is 9.29. The summed E-state index contributed by atoms with van der Waals surface area (Å²) in [6.45, 7) is 2.09. The molecule has 0 amide bonds. The van der Waals surface area contributed by atoms with Gasteiger partial charge in [0, 0.05) is 5.56 Å². The molecule has 82 valence electrons. The van der Waals surface area contributed by atoms with Gasteiger partial charge >= 0.3 is 0 Å². The molecule has 0 spiro atoms. The van der Waals surface area contributed by atoms with Crippen LogP contribution in [0.2, 0.25) is 0 Å². The molecule has 1 aliphatic carbocycles. The van der Waals surface area contributed by atoms with Crippen LogP contribution in [-0.4, -0.2) is 7.11 Å². The van der Waals surface area contributed by atoms with Gasteiger partial charge in [-0.25, -0.2) is 0 Å². The van der Waals surface area contributed by atoms with Gasteiger partial charge in [0.15, 0.2) is 0 Å². The second-order valence-electron chi connectivity index (χ2n) is 4.34. The van der Waals surface area contributed by atoms with E-state index in [0.29, 0.717) is 5.92 Å². The van der Waals surface area contributed by atoms with Crippen LogP contribution in [0.4, 0.5) is 0 Å². The fourth-order valence-corrected chi connectivity index (χ4v) is 2.48. The van der Waals surface area contributed by atoms with Crippen LogP contribution in [0.25, 0.3) is 0 Å². The molecule has 1 atom stereocenters. The summed E-state index contributed by atoms with van der Waals surface area (Å²) in [5, 5.41) is 0.119. The van der Waals surface area contributed by atoms with E-state index in [2.05, 4.69) is 19.1 Å². The average Bonchev–Trinajstić information content (AvgIpc) is 2.15. The Morgan fingerprint density at radius 2 is 2.13 bits per heavy atom. The minimum absolute atomic E-state index is 0.119. The predicted molar refractivity (Wildman–Crippen MR) is 63.7 cm³/mol. The molecule has 0 N–H and O–H groups in total. The second-order valence-corrected chi connectivity index (χ2v) is 4.81. The molecule has 15 heavy (non-hydrogen) atoms. The Hall–Kier alpha value is -0.690. The van der Waals surface area contributed by atoms with Crippen molar-refractivity contribution in [2.45, 2.75) is 31.6 Å². The maximum absolute atomic E-state index is 6.48. The fraction of sp³-hybridized carbons (Fsp3) is 0.538. The predicted octanol–water partition coefficient (Wildman–Crippen LogP) is 4.08. The van der Waals surface area contributed by atoms with E-state index in [1.165, 1.54) is 24.8 Å². The van der Waals surface area contributed by atoms with E-state index in [4.69, 9.17) is 16.3 Å². The number of rotatable bonds is 3. The Balaban J connectivity index is 2.27. The maximum atomic E-state index is 6.48. The third kappa shape index (κ3) is 2.12. The van der Waals surface area contributed by atoms with Crippen molar-refractivity contribution in [2.24, 2.45) is 5.92 Å². The second kappa shape index (κ2) is 4.44. The molecule has 0 bridgehead atoms. The van der Waals surface area contributed by atoms with Crippen LogP contribution in [0.15, 0.2) is 18.2 Å². The van der Waals surface area contributed by atoms with Gasteiger partial charge in [0.05, 0.1) is 12.5 Å². The largest absolute Gasteiger partial charge is 0.496 e. The Kier molecular flexibility index (Phi) is 3.20. The number of ether oxygens (including phenoxy) is 1. The lowest BCUT2D eigenvalue weighted by Crippen LogP contribution is -2.17. The Bertz CT molecular complexity index is 344. The van der Waals surface area contributed by atoms with Crippen molar-refractivity contribution in [3.63, 3.8) is 0 Å². The van der Waals surface area contributed by atoms with Crippen molar-refractivity contribution in [3.8, 4) is 5.75 Å². The molecule has 0 saturated heterocycles. The van der Waals surface area contributed by atoms with Gasteiger partial charge in [0.1, 0.15) is 5.75 Å². The van der Waals surface area contributed by atoms with Crippen molar-refractivity contribution in [3.05, 3.63) is 29.3 Å². The highest BCUT2D eigenvalue weighted by atomic mass is 35.5. The maximum Gasteiger partial charge on any atom is 0.123 e. The van der Waals surface area contributed by atoms with Crippen molar-refractivity contribution in [1.82, 2.24) is 0 Å². The number of methoxy groups -OCH3 is 1. The van der Waals surface area contributed by atoms with Gasteiger partial charge in [-0.05, 0) is 31.7 Å². The highest BCUT2D eigenvalue weighted by Crippen LogP contribution is 2.44. The van der Waals surface area contributed by atoms with Crippen LogP contribution < -0.4 is 4.74 Å². The number of hydrogen-bond acceptors (Lipinski definition) is 1. The first-order valence-electron chi connectivity index (χ1n) is 5.51. The highest BCUT2D eigenvalue weighted by molar-refractivity contribution is 6.21. The van der Waals surface area contributed by atoms with Crippen LogP contribution in [0, 0.1) is 12.8 Å². The summed E-state index contributed by atoms with van der Waals surface area (Å²) in [5.41, 5.74) is 2.40. The van der Waals surface area contributed by atoms with E-state index < -0.39 is 0 Å². The molecule has 1 unspecified atom stereocenters. The number of alkyl halides is 1. The van der Waals surface area contributed by atoms with E-state index in [0.717, 1.165) is 11.3 Å². The van der Waals surface area contributed by atoms with E-state index >= 15 is 0 Å². The number of halogens is 1. The number of benzene rings is 1. The summed E-state index contributed by atoms with van der Waals surface area (Å²) < 4.78 is 5.36. The summed E-state index contributed by atoms with van der Waals surface area (Å²) >= 11 is 6.48. The van der Waals surface area contributed by atoms with Crippen molar-refractivity contribution in [2.75, 3.05) is 7.11 Å². The minimum Gasteiger partial charge on any atom is -0.496 e. The summed E-state index contributed by atoms with van der Waals surface area (Å²) in [6, 6.07) is 6.22. The molecule has 2 rings (SSSR count). The monoisotopic (exact) mass is 224 g/mol. The number of hydrogen-bond donors (Lipinski definition) is 0. The third-order valence-corrected chi connectivity index (χ3v) is 3.84. The zero-order valence-corrected chi connectivity index (χ0v) is 10.1. The normalized spacial score (nSPS) is 18.3. The standard InChI is InChI=1S/C13H17ClO/c1-9-6-7-12(15-2)11(8-9)13(14)10-4-3-5-10/h6-8,10,13H,3-5H2,1-2H3. The molecule has 0 radical (unpaired) electrons. The Morgan fingerprint density at radius 3 is 2.67 bits per heavy atom. The average molecular weight is 225 g/mol. The van der Waals surface area contributed by atoms with Gasteiger partial charge < -0.3 is 4.74 Å². The van der Waals surface area contributed by atoms with E-state index in [9.17, 15) is 0 Å². The van der Waals surface area contributed by atoms with Gasteiger partial charge in [-0.2, -0.15) is 0 Å². The third-order valence-electron chi connectivity index (χ3n) is 3.25. The van der Waals surface area contributed by atoms with Crippen molar-refractivity contribution in [1.29, 1.82) is 0 Å². The Morgan fingerprint density at radius 1 is 1.40 bits per heavy atom. The smallest absolute Gasteiger partial charge is 0.123 e. The highest BCUT2D eigenvalue weighted by Gasteiger charge is 2.28. The van der Waals surface area contributed by atoms with Gasteiger partial charge in [0.25, 0.3) is 0 Å². The SMILES string of the molecule is COc1ccc(C)cc1C(Cl)C1CCC1. The number of aryl methyl sites for hydroxylation is 1. The molecule has 1 nitrogen and oxygen atoms in total. The lowest BCUT2D eigenvalue weighted by atomic mass is 9.80. The van der Waals surface area contributed by atoms with Gasteiger partial charge in [0.2, 0.25) is 0 Å². The molecular formula is C13H17ClO. The summed E-state index contributed by atoms with van der Waals surface area (Å²) in [5.74, 6) is 1.56.